The van der Waals surface area contributed by atoms with Crippen LogP contribution in [0.2, 0.25) is 0 Å². The molecule has 0 aromatic carbocycles. The van der Waals surface area contributed by atoms with Crippen molar-refractivity contribution in [2.75, 3.05) is 13.1 Å². The number of carboxylic acid groups (broad SMARTS) is 2. The Hall–Kier alpha value is -2.32. The third kappa shape index (κ3) is 35.6. The van der Waals surface area contributed by atoms with Crippen LogP contribution in [-0.4, -0.2) is 68.8 Å². The molecule has 0 aliphatic heterocycles. The van der Waals surface area contributed by atoms with Gasteiger partial charge in [0.25, 0.3) is 0 Å². The van der Waals surface area contributed by atoms with E-state index in [9.17, 15) is 9.59 Å². The van der Waals surface area contributed by atoms with Crippen LogP contribution >= 0.6 is 0 Å². The maximum absolute atomic E-state index is 10.0. The topological polar surface area (TPSA) is 312 Å². The summed E-state index contributed by atoms with van der Waals surface area (Å²) >= 11 is 0. The number of hydrogen-bond donors (Lipinski definition) is 5. The smallest absolute Gasteiger partial charge is 0.305 e. The number of aliphatic imine (C=N–C) groups is 2. The first-order chi connectivity index (χ1) is 10.1. The summed E-state index contributed by atoms with van der Waals surface area (Å²) in [6, 6.07) is 0. The molecule has 0 aromatic heterocycles. The Morgan fingerprint density at radius 2 is 0.963 bits per heavy atom. The molecule has 0 spiro atoms. The Balaban J connectivity index is -0.0000000500. The monoisotopic (exact) mass is 405 g/mol. The van der Waals surface area contributed by atoms with Gasteiger partial charge in [0, 0.05) is 11.8 Å². The number of hydrogen-bond acceptors (Lipinski definition) is 5. The van der Waals surface area contributed by atoms with Gasteiger partial charge in [-0.2, -0.15) is 0 Å². The second kappa shape index (κ2) is 25.9. The molecule has 0 bridgehead atoms. The van der Waals surface area contributed by atoms with E-state index in [-0.39, 0.29) is 65.8 Å². The summed E-state index contributed by atoms with van der Waals surface area (Å²) in [4.78, 5) is 27.8. The third-order valence-electron chi connectivity index (χ3n) is 2.42. The number of carboxylic acids is 2. The van der Waals surface area contributed by atoms with Crippen LogP contribution < -0.4 is 17.6 Å². The van der Waals surface area contributed by atoms with Crippen molar-refractivity contribution in [3.8, 4) is 0 Å². The van der Waals surface area contributed by atoms with Crippen molar-refractivity contribution < 1.29 is 41.7 Å². The normalized spacial score (nSPS) is 9.85. The number of nitrogens with two attached hydrogens (primary N) is 2. The lowest BCUT2D eigenvalue weighted by atomic mass is 10.2. The van der Waals surface area contributed by atoms with Crippen molar-refractivity contribution in [2.24, 2.45) is 33.3 Å². The van der Waals surface area contributed by atoms with Gasteiger partial charge >= 0.3 is 11.9 Å². The highest BCUT2D eigenvalue weighted by Gasteiger charge is 2.00. The van der Waals surface area contributed by atoms with E-state index in [2.05, 4.69) is 9.98 Å². The summed E-state index contributed by atoms with van der Waals surface area (Å²) in [5, 5.41) is 16.5. The molecule has 0 rings (SSSR count). The van der Waals surface area contributed by atoms with Crippen LogP contribution in [0, 0.1) is 11.8 Å². The zero-order valence-electron chi connectivity index (χ0n) is 16.5. The molecule has 0 aliphatic rings. The number of aliphatic carboxylic acids is 2. The van der Waals surface area contributed by atoms with Crippen LogP contribution in [0.5, 0.6) is 0 Å². The first kappa shape index (κ1) is 44.3. The largest absolute Gasteiger partial charge is 0.481 e. The van der Waals surface area contributed by atoms with E-state index in [1.165, 1.54) is 0 Å². The molecule has 0 fully saturated rings. The average Bonchev–Trinajstić information content (AvgIpc) is 2.38. The molecule has 0 heterocycles. The van der Waals surface area contributed by atoms with Gasteiger partial charge in [0.15, 0.2) is 0 Å². The van der Waals surface area contributed by atoms with E-state index in [1.54, 1.807) is 0 Å². The van der Waals surface area contributed by atoms with Crippen LogP contribution in [-0.2, 0) is 9.59 Å². The van der Waals surface area contributed by atoms with E-state index in [0.717, 1.165) is 0 Å². The molecule has 0 amide bonds. The number of nitrogens with zero attached hydrogens (tertiary/aromatic N) is 2. The van der Waals surface area contributed by atoms with E-state index in [0.29, 0.717) is 11.7 Å². The number of rotatable bonds is 8. The molecule has 13 heteroatoms. The van der Waals surface area contributed by atoms with Crippen molar-refractivity contribution in [3.63, 3.8) is 0 Å². The molecule has 0 aromatic rings. The van der Waals surface area contributed by atoms with Crippen LogP contribution in [0.1, 0.15) is 40.5 Å². The maximum atomic E-state index is 10.0. The van der Waals surface area contributed by atoms with Gasteiger partial charge in [0.05, 0.1) is 37.6 Å². The van der Waals surface area contributed by atoms with Crippen molar-refractivity contribution in [3.05, 3.63) is 0 Å². The van der Waals surface area contributed by atoms with Crippen molar-refractivity contribution in [2.45, 2.75) is 40.5 Å². The molecule has 0 unspecified atom stereocenters. The third-order valence-corrected chi connectivity index (χ3v) is 2.42. The standard InChI is InChI=1S/2C7H14N2O2.H3N.4H2O/c2*1-5(2)7(8)9-4-3-6(10)11;;;;;/h2*5H,3-4H2,1-2H3,(H2,8,9)(H,10,11);1H3;4*1H2. The predicted molar refractivity (Wildman–Crippen MR) is 107 cm³/mol. The van der Waals surface area contributed by atoms with Gasteiger partial charge < -0.3 is 49.7 Å². The van der Waals surface area contributed by atoms with E-state index < -0.39 is 11.9 Å². The highest BCUT2D eigenvalue weighted by atomic mass is 16.4. The summed E-state index contributed by atoms with van der Waals surface area (Å²) in [5.74, 6) is -0.249. The summed E-state index contributed by atoms with van der Waals surface area (Å²) in [6.07, 6.45) is 0.0981. The van der Waals surface area contributed by atoms with Gasteiger partial charge in [-0.25, -0.2) is 0 Å². The van der Waals surface area contributed by atoms with Crippen LogP contribution in [0.15, 0.2) is 9.98 Å². The van der Waals surface area contributed by atoms with Crippen molar-refractivity contribution in [1.29, 1.82) is 0 Å². The Morgan fingerprint density at radius 3 is 1.11 bits per heavy atom. The molecular formula is C14H39N5O8. The van der Waals surface area contributed by atoms with Crippen LogP contribution in [0.4, 0.5) is 0 Å². The molecule has 27 heavy (non-hydrogen) atoms. The Kier molecular flexibility index (Phi) is 42.5. The lowest BCUT2D eigenvalue weighted by Crippen LogP contribution is -2.19. The minimum absolute atomic E-state index is 0. The lowest BCUT2D eigenvalue weighted by Gasteiger charge is -2.01. The van der Waals surface area contributed by atoms with E-state index in [1.807, 2.05) is 27.7 Å². The predicted octanol–water partition coefficient (Wildman–Crippen LogP) is -2.19. The van der Waals surface area contributed by atoms with E-state index in [4.69, 9.17) is 21.7 Å². The molecule has 0 saturated heterocycles. The summed E-state index contributed by atoms with van der Waals surface area (Å²) in [6.45, 7) is 8.22. The fourth-order valence-corrected chi connectivity index (χ4v) is 0.926. The Bertz CT molecular complexity index is 376. The lowest BCUT2D eigenvalue weighted by molar-refractivity contribution is -0.137. The second-order valence-electron chi connectivity index (χ2n) is 5.21. The first-order valence-corrected chi connectivity index (χ1v) is 7.11. The van der Waals surface area contributed by atoms with Crippen molar-refractivity contribution in [1.82, 2.24) is 6.15 Å². The van der Waals surface area contributed by atoms with E-state index >= 15 is 0 Å². The fourth-order valence-electron chi connectivity index (χ4n) is 0.926. The SMILES string of the molecule is CC(C)C(N)=NCCC(=O)O.CC(C)C(N)=NCCC(=O)O.N.O.O.O.O. The van der Waals surface area contributed by atoms with Gasteiger partial charge in [-0.05, 0) is 0 Å². The summed E-state index contributed by atoms with van der Waals surface area (Å²) in [7, 11) is 0. The second-order valence-corrected chi connectivity index (χ2v) is 5.21. The molecule has 13 nitrogen and oxygen atoms in total. The average molecular weight is 405 g/mol. The number of carbonyl (C=O) groups is 2. The Labute approximate surface area is 159 Å². The number of amidine groups is 2. The van der Waals surface area contributed by atoms with Crippen LogP contribution in [0.25, 0.3) is 0 Å². The quantitative estimate of drug-likeness (QED) is 0.219. The zero-order valence-corrected chi connectivity index (χ0v) is 16.5. The van der Waals surface area contributed by atoms with Gasteiger partial charge in [0.2, 0.25) is 0 Å². The zero-order chi connectivity index (χ0) is 17.7. The van der Waals surface area contributed by atoms with Gasteiger partial charge in [0.1, 0.15) is 0 Å². The summed E-state index contributed by atoms with van der Waals surface area (Å²) < 4.78 is 0. The molecule has 0 aliphatic carbocycles. The maximum Gasteiger partial charge on any atom is 0.305 e. The highest BCUT2D eigenvalue weighted by Crippen LogP contribution is 1.92. The highest BCUT2D eigenvalue weighted by molar-refractivity contribution is 5.82. The minimum Gasteiger partial charge on any atom is -0.481 e. The summed E-state index contributed by atoms with van der Waals surface area (Å²) in [5.41, 5.74) is 10.9. The molecular weight excluding hydrogens is 366 g/mol. The minimum atomic E-state index is -0.842. The van der Waals surface area contributed by atoms with Gasteiger partial charge in [-0.1, -0.05) is 27.7 Å². The van der Waals surface area contributed by atoms with Crippen LogP contribution in [0.3, 0.4) is 0 Å². The molecule has 0 radical (unpaired) electrons. The molecule has 168 valence electrons. The fraction of sp³-hybridized carbons (Fsp3) is 0.714. The van der Waals surface area contributed by atoms with Crippen molar-refractivity contribution >= 4 is 23.6 Å². The molecule has 0 atom stereocenters. The van der Waals surface area contributed by atoms with Gasteiger partial charge in [-0.3, -0.25) is 19.6 Å². The Morgan fingerprint density at radius 1 is 0.741 bits per heavy atom. The van der Waals surface area contributed by atoms with Gasteiger partial charge in [-0.15, -0.1) is 0 Å². The molecule has 0 saturated carbocycles. The molecule has 17 N–H and O–H groups in total. The first-order valence-electron chi connectivity index (χ1n) is 7.11.